The van der Waals surface area contributed by atoms with E-state index >= 15 is 0 Å². The number of fused-ring (bicyclic) bond motifs is 2. The van der Waals surface area contributed by atoms with Crippen LogP contribution in [-0.2, 0) is 18.3 Å². The van der Waals surface area contributed by atoms with Gasteiger partial charge in [-0.2, -0.15) is 5.10 Å². The number of carbonyl (C=O) groups is 1. The summed E-state index contributed by atoms with van der Waals surface area (Å²) in [6, 6.07) is 8.93. The zero-order chi connectivity index (χ0) is 25.9. The van der Waals surface area contributed by atoms with Crippen molar-refractivity contribution in [2.45, 2.75) is 51.4 Å². The molecule has 8 nitrogen and oxygen atoms in total. The van der Waals surface area contributed by atoms with Crippen LogP contribution >= 0.6 is 11.8 Å². The summed E-state index contributed by atoms with van der Waals surface area (Å²) in [5.74, 6) is -0.350. The van der Waals surface area contributed by atoms with Crippen LogP contribution in [0.1, 0.15) is 50.8 Å². The first kappa shape index (κ1) is 23.8. The number of nitrogens with one attached hydrogen (secondary N) is 1. The average molecular weight is 514 g/mol. The fourth-order valence-corrected chi connectivity index (χ4v) is 6.73. The Hall–Kier alpha value is -3.59. The van der Waals surface area contributed by atoms with Gasteiger partial charge in [0.25, 0.3) is 5.91 Å². The predicted octanol–water partition coefficient (Wildman–Crippen LogP) is 5.10. The van der Waals surface area contributed by atoms with E-state index in [2.05, 4.69) is 54.0 Å². The SMILES string of the molecule is Cn1cc(-c2cc3[nH]cnc(-c4ccc5c(c4)CCCC5N4C=C(C(N)=O)SC4C(C)(C)C)c-3n2)cn1. The fraction of sp³-hybridized carbons (Fsp3) is 0.357. The molecule has 1 aromatic heterocycles. The quantitative estimate of drug-likeness (QED) is 0.393. The first-order chi connectivity index (χ1) is 17.7. The van der Waals surface area contributed by atoms with Crippen molar-refractivity contribution in [3.05, 3.63) is 65.2 Å². The van der Waals surface area contributed by atoms with E-state index in [0.717, 1.165) is 53.2 Å². The van der Waals surface area contributed by atoms with Crippen molar-refractivity contribution in [2.24, 2.45) is 18.2 Å². The molecule has 6 rings (SSSR count). The van der Waals surface area contributed by atoms with Crippen LogP contribution < -0.4 is 5.73 Å². The van der Waals surface area contributed by atoms with Crippen LogP contribution in [0.15, 0.2) is 54.1 Å². The lowest BCUT2D eigenvalue weighted by Crippen LogP contribution is -2.39. The lowest BCUT2D eigenvalue weighted by molar-refractivity contribution is -0.113. The molecule has 9 heteroatoms. The monoisotopic (exact) mass is 513 g/mol. The molecular formula is C28H31N7OS. The lowest BCUT2D eigenvalue weighted by Gasteiger charge is -2.42. The van der Waals surface area contributed by atoms with Crippen LogP contribution in [0.3, 0.4) is 0 Å². The Kier molecular flexibility index (Phi) is 5.63. The van der Waals surface area contributed by atoms with Crippen molar-refractivity contribution in [1.29, 1.82) is 0 Å². The maximum absolute atomic E-state index is 12.0. The average Bonchev–Trinajstić information content (AvgIpc) is 3.60. The number of rotatable bonds is 4. The number of H-pyrrole nitrogens is 1. The van der Waals surface area contributed by atoms with Crippen LogP contribution in [0.25, 0.3) is 33.9 Å². The Labute approximate surface area is 220 Å². The molecular weight excluding hydrogens is 482 g/mol. The first-order valence-electron chi connectivity index (χ1n) is 12.6. The van der Waals surface area contributed by atoms with Gasteiger partial charge < -0.3 is 15.6 Å². The lowest BCUT2D eigenvalue weighted by atomic mass is 9.84. The second-order valence-electron chi connectivity index (χ2n) is 11.0. The summed E-state index contributed by atoms with van der Waals surface area (Å²) in [5.41, 5.74) is 13.9. The molecule has 0 radical (unpaired) electrons. The number of aromatic amines is 1. The van der Waals surface area contributed by atoms with Gasteiger partial charge in [0.15, 0.2) is 0 Å². The number of aromatic nitrogens is 5. The third-order valence-corrected chi connectivity index (χ3v) is 8.96. The Morgan fingerprint density at radius 1 is 1.19 bits per heavy atom. The molecule has 37 heavy (non-hydrogen) atoms. The number of nitrogens with two attached hydrogens (primary N) is 1. The molecule has 0 bridgehead atoms. The highest BCUT2D eigenvalue weighted by Gasteiger charge is 2.41. The van der Waals surface area contributed by atoms with Gasteiger partial charge in [-0.3, -0.25) is 9.48 Å². The summed E-state index contributed by atoms with van der Waals surface area (Å²) in [5, 5.41) is 4.43. The van der Waals surface area contributed by atoms with Gasteiger partial charge in [-0.15, -0.1) is 0 Å². The summed E-state index contributed by atoms with van der Waals surface area (Å²) < 4.78 is 1.78. The number of aryl methyl sites for hydroxylation is 2. The molecule has 3 aliphatic heterocycles. The molecule has 2 atom stereocenters. The van der Waals surface area contributed by atoms with Crippen molar-refractivity contribution < 1.29 is 4.79 Å². The van der Waals surface area contributed by atoms with Crippen LogP contribution in [0, 0.1) is 5.41 Å². The Morgan fingerprint density at radius 2 is 2.03 bits per heavy atom. The van der Waals surface area contributed by atoms with E-state index in [1.54, 1.807) is 22.8 Å². The van der Waals surface area contributed by atoms with Crippen LogP contribution in [0.4, 0.5) is 0 Å². The predicted molar refractivity (Wildman–Crippen MR) is 146 cm³/mol. The highest BCUT2D eigenvalue weighted by atomic mass is 32.2. The van der Waals surface area contributed by atoms with Gasteiger partial charge in [0.1, 0.15) is 5.69 Å². The Bertz CT molecular complexity index is 1490. The summed E-state index contributed by atoms with van der Waals surface area (Å²) in [6.07, 6.45) is 10.7. The van der Waals surface area contributed by atoms with E-state index in [4.69, 9.17) is 15.7 Å². The highest BCUT2D eigenvalue weighted by Crippen LogP contribution is 2.49. The third kappa shape index (κ3) is 4.21. The number of carbonyl (C=O) groups excluding carboxylic acids is 1. The fourth-order valence-electron chi connectivity index (χ4n) is 5.51. The minimum atomic E-state index is -0.350. The molecule has 4 heterocycles. The maximum Gasteiger partial charge on any atom is 0.256 e. The van der Waals surface area contributed by atoms with E-state index in [9.17, 15) is 4.79 Å². The van der Waals surface area contributed by atoms with Gasteiger partial charge in [-0.1, -0.05) is 44.7 Å². The second-order valence-corrected chi connectivity index (χ2v) is 12.1. The van der Waals surface area contributed by atoms with E-state index in [1.165, 1.54) is 11.1 Å². The van der Waals surface area contributed by atoms with Crippen molar-refractivity contribution >= 4 is 17.7 Å². The molecule has 1 amide bonds. The summed E-state index contributed by atoms with van der Waals surface area (Å²) >= 11 is 1.59. The normalized spacial score (nSPS) is 19.8. The molecule has 2 aromatic rings. The first-order valence-corrected chi connectivity index (χ1v) is 13.5. The summed E-state index contributed by atoms with van der Waals surface area (Å²) in [6.45, 7) is 6.66. The van der Waals surface area contributed by atoms with Gasteiger partial charge in [0, 0.05) is 30.6 Å². The van der Waals surface area contributed by atoms with Crippen LogP contribution in [0.2, 0.25) is 0 Å². The van der Waals surface area contributed by atoms with Gasteiger partial charge in [-0.25, -0.2) is 9.97 Å². The smallest absolute Gasteiger partial charge is 0.256 e. The van der Waals surface area contributed by atoms with Gasteiger partial charge in [0.05, 0.1) is 45.9 Å². The molecule has 3 N–H and O–H groups in total. The van der Waals surface area contributed by atoms with Crippen LogP contribution in [-0.4, -0.2) is 40.9 Å². The molecule has 4 aliphatic rings. The standard InChI is InChI=1S/C28H31N7OS/c1-28(2,3)27-35(14-23(37-27)26(29)36)22-7-5-6-16-10-17(8-9-19(16)22)24-25-21(30-15-31-24)11-20(33-25)18-12-32-34(4)13-18/h8-15,22,27H,5-7H2,1-4H3,(H2,29,36)(H,30,31). The molecule has 0 spiro atoms. The Balaban J connectivity index is 1.38. The molecule has 190 valence electrons. The van der Waals surface area contributed by atoms with E-state index in [-0.39, 0.29) is 22.7 Å². The zero-order valence-electron chi connectivity index (χ0n) is 21.5. The van der Waals surface area contributed by atoms with Crippen LogP contribution in [0.5, 0.6) is 0 Å². The van der Waals surface area contributed by atoms with Crippen molar-refractivity contribution in [1.82, 2.24) is 29.6 Å². The molecule has 1 aliphatic carbocycles. The van der Waals surface area contributed by atoms with Gasteiger partial charge >= 0.3 is 0 Å². The van der Waals surface area contributed by atoms with E-state index in [1.807, 2.05) is 31.7 Å². The minimum Gasteiger partial charge on any atom is -0.365 e. The van der Waals surface area contributed by atoms with Crippen molar-refractivity contribution in [2.75, 3.05) is 0 Å². The molecule has 0 fully saturated rings. The number of hydrogen-bond acceptors (Lipinski definition) is 6. The zero-order valence-corrected chi connectivity index (χ0v) is 22.3. The van der Waals surface area contributed by atoms with Gasteiger partial charge in [0.2, 0.25) is 0 Å². The number of nitrogens with zero attached hydrogens (tertiary/aromatic N) is 5. The molecule has 0 saturated heterocycles. The van der Waals surface area contributed by atoms with E-state index in [0.29, 0.717) is 4.91 Å². The summed E-state index contributed by atoms with van der Waals surface area (Å²) in [7, 11) is 1.90. The topological polar surface area (TPSA) is 106 Å². The minimum absolute atomic E-state index is 0.0125. The summed E-state index contributed by atoms with van der Waals surface area (Å²) in [4.78, 5) is 27.9. The van der Waals surface area contributed by atoms with Crippen molar-refractivity contribution in [3.63, 3.8) is 0 Å². The molecule has 2 unspecified atom stereocenters. The second kappa shape index (κ2) is 8.76. The number of primary amides is 1. The number of benzene rings is 1. The number of thioether (sulfide) groups is 1. The highest BCUT2D eigenvalue weighted by molar-refractivity contribution is 8.04. The Morgan fingerprint density at radius 3 is 2.76 bits per heavy atom. The van der Waals surface area contributed by atoms with E-state index < -0.39 is 0 Å². The number of hydrogen-bond donors (Lipinski definition) is 2. The number of amides is 1. The molecule has 1 aromatic carbocycles. The third-order valence-electron chi connectivity index (χ3n) is 7.23. The maximum atomic E-state index is 12.0. The van der Waals surface area contributed by atoms with Crippen molar-refractivity contribution in [3.8, 4) is 33.9 Å². The van der Waals surface area contributed by atoms with Gasteiger partial charge in [-0.05, 0) is 47.9 Å². The molecule has 0 saturated carbocycles. The largest absolute Gasteiger partial charge is 0.365 e.